The average Bonchev–Trinajstić information content (AvgIpc) is 3.50. The Morgan fingerprint density at radius 2 is 1.72 bits per heavy atom. The monoisotopic (exact) mass is 485 g/mol. The van der Waals surface area contributed by atoms with Crippen LogP contribution in [-0.2, 0) is 20.9 Å². The minimum atomic E-state index is -0.732. The predicted molar refractivity (Wildman–Crippen MR) is 132 cm³/mol. The molecule has 0 saturated carbocycles. The van der Waals surface area contributed by atoms with Gasteiger partial charge in [0.1, 0.15) is 12.3 Å². The van der Waals surface area contributed by atoms with Crippen molar-refractivity contribution in [3.63, 3.8) is 0 Å². The van der Waals surface area contributed by atoms with Gasteiger partial charge >= 0.3 is 11.7 Å². The van der Waals surface area contributed by atoms with E-state index in [4.69, 9.17) is 13.9 Å². The minimum Gasteiger partial charge on any atom is -0.497 e. The maximum Gasteiger partial charge on any atom is 0.420 e. The zero-order valence-corrected chi connectivity index (χ0v) is 19.5. The van der Waals surface area contributed by atoms with Gasteiger partial charge in [-0.15, -0.1) is 0 Å². The number of hydrazone groups is 1. The quantitative estimate of drug-likeness (QED) is 0.371. The zero-order chi connectivity index (χ0) is 25.1. The van der Waals surface area contributed by atoms with Crippen molar-refractivity contribution in [2.24, 2.45) is 5.10 Å². The molecule has 0 bridgehead atoms. The number of amides is 1. The van der Waals surface area contributed by atoms with Crippen LogP contribution in [0.3, 0.4) is 0 Å². The average molecular weight is 485 g/mol. The first-order chi connectivity index (χ1) is 17.5. The summed E-state index contributed by atoms with van der Waals surface area (Å²) < 4.78 is 16.8. The Morgan fingerprint density at radius 3 is 2.47 bits per heavy atom. The fourth-order valence-electron chi connectivity index (χ4n) is 4.18. The van der Waals surface area contributed by atoms with Crippen molar-refractivity contribution < 1.29 is 23.5 Å². The Bertz CT molecular complexity index is 1490. The van der Waals surface area contributed by atoms with Crippen molar-refractivity contribution >= 4 is 28.7 Å². The van der Waals surface area contributed by atoms with Gasteiger partial charge in [-0.1, -0.05) is 54.6 Å². The molecule has 1 amide bonds. The number of methoxy groups -OCH3 is 1. The van der Waals surface area contributed by atoms with Crippen LogP contribution in [0.25, 0.3) is 11.1 Å². The van der Waals surface area contributed by atoms with Gasteiger partial charge in [0, 0.05) is 6.42 Å². The molecule has 0 aliphatic carbocycles. The zero-order valence-electron chi connectivity index (χ0n) is 19.5. The number of carbonyl (C=O) groups excluding carboxylic acids is 2. The molecule has 0 fully saturated rings. The van der Waals surface area contributed by atoms with Gasteiger partial charge in [0.15, 0.2) is 12.2 Å². The maximum atomic E-state index is 13.1. The van der Waals surface area contributed by atoms with Crippen LogP contribution < -0.4 is 10.5 Å². The van der Waals surface area contributed by atoms with E-state index in [-0.39, 0.29) is 12.6 Å². The molecule has 1 unspecified atom stereocenters. The number of nitrogens with zero attached hydrogens (tertiary/aromatic N) is 3. The van der Waals surface area contributed by atoms with Crippen molar-refractivity contribution in [1.29, 1.82) is 0 Å². The second kappa shape index (κ2) is 9.91. The first kappa shape index (κ1) is 23.1. The van der Waals surface area contributed by atoms with Crippen LogP contribution >= 0.6 is 0 Å². The molecule has 4 aromatic rings. The van der Waals surface area contributed by atoms with Crippen molar-refractivity contribution in [2.45, 2.75) is 19.0 Å². The Kier molecular flexibility index (Phi) is 6.36. The van der Waals surface area contributed by atoms with E-state index < -0.39 is 24.2 Å². The van der Waals surface area contributed by atoms with Gasteiger partial charge < -0.3 is 13.9 Å². The lowest BCUT2D eigenvalue weighted by molar-refractivity contribution is -0.153. The summed E-state index contributed by atoms with van der Waals surface area (Å²) in [5.74, 6) is -1.17. The standard InChI is InChI=1S/C27H23N3O6/c1-34-20-13-11-19(12-14-20)23-15-21(18-7-3-2-4-8-18)28-30(23)25(31)17-35-26(32)16-29-22-9-5-6-10-24(22)36-27(29)33/h2-14,23H,15-17H2,1H3. The molecule has 9 heteroatoms. The third kappa shape index (κ3) is 4.63. The number of carbonyl (C=O) groups is 2. The van der Waals surface area contributed by atoms with Crippen LogP contribution in [0.4, 0.5) is 0 Å². The summed E-state index contributed by atoms with van der Waals surface area (Å²) in [4.78, 5) is 37.8. The normalized spacial score (nSPS) is 15.1. The molecule has 0 spiro atoms. The van der Waals surface area contributed by atoms with Crippen LogP contribution in [0.1, 0.15) is 23.6 Å². The van der Waals surface area contributed by atoms with Crippen LogP contribution in [-0.4, -0.2) is 40.9 Å². The summed E-state index contributed by atoms with van der Waals surface area (Å²) in [6.07, 6.45) is 0.506. The highest BCUT2D eigenvalue weighted by Crippen LogP contribution is 2.33. The number of ether oxygens (including phenoxy) is 2. The lowest BCUT2D eigenvalue weighted by Gasteiger charge is -2.22. The Labute approximate surface area is 206 Å². The number of hydrogen-bond acceptors (Lipinski definition) is 7. The molecule has 1 atom stereocenters. The predicted octanol–water partition coefficient (Wildman–Crippen LogP) is 3.52. The molecule has 9 nitrogen and oxygen atoms in total. The maximum absolute atomic E-state index is 13.1. The first-order valence-corrected chi connectivity index (χ1v) is 11.4. The molecule has 1 aromatic heterocycles. The molecular weight excluding hydrogens is 462 g/mol. The van der Waals surface area contributed by atoms with Gasteiger partial charge in [-0.3, -0.25) is 14.2 Å². The van der Waals surface area contributed by atoms with Crippen molar-refractivity contribution in [2.75, 3.05) is 13.7 Å². The third-order valence-electron chi connectivity index (χ3n) is 5.99. The number of esters is 1. The largest absolute Gasteiger partial charge is 0.497 e. The van der Waals surface area contributed by atoms with E-state index >= 15 is 0 Å². The fourth-order valence-corrected chi connectivity index (χ4v) is 4.18. The third-order valence-corrected chi connectivity index (χ3v) is 5.99. The number of fused-ring (bicyclic) bond motifs is 1. The lowest BCUT2D eigenvalue weighted by Crippen LogP contribution is -2.32. The van der Waals surface area contributed by atoms with Crippen molar-refractivity contribution in [1.82, 2.24) is 9.58 Å². The van der Waals surface area contributed by atoms with E-state index in [2.05, 4.69) is 5.10 Å². The second-order valence-electron chi connectivity index (χ2n) is 8.23. The molecule has 5 rings (SSSR count). The number of benzene rings is 3. The first-order valence-electron chi connectivity index (χ1n) is 11.4. The SMILES string of the molecule is COc1ccc(C2CC(c3ccccc3)=NN2C(=O)COC(=O)Cn2c(=O)oc3ccccc32)cc1. The summed E-state index contributed by atoms with van der Waals surface area (Å²) in [6, 6.07) is 23.4. The molecule has 1 aliphatic heterocycles. The highest BCUT2D eigenvalue weighted by atomic mass is 16.5. The molecule has 0 radical (unpaired) electrons. The summed E-state index contributed by atoms with van der Waals surface area (Å²) in [5.41, 5.74) is 3.39. The van der Waals surface area contributed by atoms with Crippen LogP contribution in [0.2, 0.25) is 0 Å². The molecule has 3 aromatic carbocycles. The number of aromatic nitrogens is 1. The van der Waals surface area contributed by atoms with Gasteiger partial charge in [-0.25, -0.2) is 9.80 Å². The van der Waals surface area contributed by atoms with Crippen molar-refractivity contribution in [3.05, 3.63) is 101 Å². The van der Waals surface area contributed by atoms with E-state index in [1.165, 1.54) is 9.58 Å². The molecule has 1 aliphatic rings. The molecule has 0 saturated heterocycles. The summed E-state index contributed by atoms with van der Waals surface area (Å²) in [7, 11) is 1.59. The number of rotatable bonds is 7. The number of hydrogen-bond donors (Lipinski definition) is 0. The highest BCUT2D eigenvalue weighted by molar-refractivity contribution is 6.03. The van der Waals surface area contributed by atoms with Crippen LogP contribution in [0, 0.1) is 0 Å². The Balaban J connectivity index is 1.32. The van der Waals surface area contributed by atoms with Crippen molar-refractivity contribution in [3.8, 4) is 5.75 Å². The number of para-hydroxylation sites is 2. The smallest absolute Gasteiger partial charge is 0.420 e. The van der Waals surface area contributed by atoms with E-state index in [1.807, 2.05) is 54.6 Å². The molecule has 36 heavy (non-hydrogen) atoms. The van der Waals surface area contributed by atoms with Gasteiger partial charge in [0.2, 0.25) is 0 Å². The molecular formula is C27H23N3O6. The molecule has 2 heterocycles. The topological polar surface area (TPSA) is 103 Å². The Hall–Kier alpha value is -4.66. The van der Waals surface area contributed by atoms with Gasteiger partial charge in [0.25, 0.3) is 5.91 Å². The minimum absolute atomic E-state index is 0.363. The van der Waals surface area contributed by atoms with Gasteiger partial charge in [0.05, 0.1) is 24.4 Å². The van der Waals surface area contributed by atoms with E-state index in [9.17, 15) is 14.4 Å². The molecule has 182 valence electrons. The summed E-state index contributed by atoms with van der Waals surface area (Å²) in [6.45, 7) is -0.884. The van der Waals surface area contributed by atoms with Crippen LogP contribution in [0.15, 0.2) is 93.2 Å². The highest BCUT2D eigenvalue weighted by Gasteiger charge is 2.33. The second-order valence-corrected chi connectivity index (χ2v) is 8.23. The molecule has 0 N–H and O–H groups in total. The van der Waals surface area contributed by atoms with Crippen LogP contribution in [0.5, 0.6) is 5.75 Å². The lowest BCUT2D eigenvalue weighted by atomic mass is 9.98. The summed E-state index contributed by atoms with van der Waals surface area (Å²) >= 11 is 0. The van der Waals surface area contributed by atoms with E-state index in [0.717, 1.165) is 16.8 Å². The fraction of sp³-hybridized carbons (Fsp3) is 0.185. The summed E-state index contributed by atoms with van der Waals surface area (Å²) in [5, 5.41) is 5.93. The van der Waals surface area contributed by atoms with E-state index in [1.54, 1.807) is 31.4 Å². The van der Waals surface area contributed by atoms with E-state index in [0.29, 0.717) is 23.3 Å². The number of oxazole rings is 1. The Morgan fingerprint density at radius 1 is 1.00 bits per heavy atom. The van der Waals surface area contributed by atoms with Gasteiger partial charge in [-0.05, 0) is 35.4 Å². The van der Waals surface area contributed by atoms with Gasteiger partial charge in [-0.2, -0.15) is 5.10 Å².